The number of nitrogens with zero attached hydrogens (tertiary/aromatic N) is 2. The number of carbonyl (C=O) groups excluding carboxylic acids is 2. The SMILES string of the molecule is CC(Cc1ccco1)NC(=O)CCc1nnc(C(=O)Nc2ccccc2)s1. The summed E-state index contributed by atoms with van der Waals surface area (Å²) in [6.07, 6.45) is 2.99. The normalized spacial score (nSPS) is 11.7. The molecule has 27 heavy (non-hydrogen) atoms. The standard InChI is InChI=1S/C19H20N4O3S/c1-13(12-15-8-5-11-26-15)20-16(24)9-10-17-22-23-19(27-17)18(25)21-14-6-3-2-4-7-14/h2-8,11,13H,9-10,12H2,1H3,(H,20,24)(H,21,25). The number of para-hydroxylation sites is 1. The van der Waals surface area contributed by atoms with E-state index >= 15 is 0 Å². The van der Waals surface area contributed by atoms with E-state index in [9.17, 15) is 9.59 Å². The summed E-state index contributed by atoms with van der Waals surface area (Å²) in [6, 6.07) is 12.8. The van der Waals surface area contributed by atoms with Gasteiger partial charge in [0.25, 0.3) is 5.91 Å². The van der Waals surface area contributed by atoms with Gasteiger partial charge in [-0.05, 0) is 31.2 Å². The Morgan fingerprint density at radius 1 is 1.15 bits per heavy atom. The molecule has 1 aromatic carbocycles. The number of hydrogen-bond donors (Lipinski definition) is 2. The molecule has 0 spiro atoms. The van der Waals surface area contributed by atoms with Crippen LogP contribution in [0.25, 0.3) is 0 Å². The molecule has 0 aliphatic carbocycles. The van der Waals surface area contributed by atoms with Crippen molar-refractivity contribution in [1.82, 2.24) is 15.5 Å². The lowest BCUT2D eigenvalue weighted by atomic mass is 10.2. The van der Waals surface area contributed by atoms with Gasteiger partial charge in [-0.15, -0.1) is 10.2 Å². The van der Waals surface area contributed by atoms with Gasteiger partial charge in [-0.2, -0.15) is 0 Å². The summed E-state index contributed by atoms with van der Waals surface area (Å²) in [7, 11) is 0. The lowest BCUT2D eigenvalue weighted by molar-refractivity contribution is -0.121. The summed E-state index contributed by atoms with van der Waals surface area (Å²) in [5.74, 6) is 0.460. The van der Waals surface area contributed by atoms with E-state index < -0.39 is 0 Å². The maximum absolute atomic E-state index is 12.2. The average molecular weight is 384 g/mol. The average Bonchev–Trinajstić information content (AvgIpc) is 3.32. The van der Waals surface area contributed by atoms with E-state index in [1.54, 1.807) is 18.4 Å². The highest BCUT2D eigenvalue weighted by Crippen LogP contribution is 2.14. The van der Waals surface area contributed by atoms with E-state index in [2.05, 4.69) is 20.8 Å². The summed E-state index contributed by atoms with van der Waals surface area (Å²) in [5.41, 5.74) is 0.698. The Labute approximate surface area is 160 Å². The Kier molecular flexibility index (Phi) is 6.32. The fraction of sp³-hybridized carbons (Fsp3) is 0.263. The summed E-state index contributed by atoms with van der Waals surface area (Å²) in [6.45, 7) is 1.93. The molecule has 2 amide bonds. The number of anilines is 1. The molecule has 1 atom stereocenters. The van der Waals surface area contributed by atoms with Crippen molar-refractivity contribution in [2.24, 2.45) is 0 Å². The Hall–Kier alpha value is -3.00. The second kappa shape index (κ2) is 9.09. The molecule has 0 saturated heterocycles. The molecule has 0 aliphatic heterocycles. The molecule has 8 heteroatoms. The largest absolute Gasteiger partial charge is 0.469 e. The molecule has 1 unspecified atom stereocenters. The Morgan fingerprint density at radius 3 is 2.70 bits per heavy atom. The van der Waals surface area contributed by atoms with Crippen molar-refractivity contribution in [3.8, 4) is 0 Å². The maximum Gasteiger partial charge on any atom is 0.286 e. The quantitative estimate of drug-likeness (QED) is 0.622. The molecule has 0 fully saturated rings. The molecular weight excluding hydrogens is 364 g/mol. The molecule has 3 rings (SSSR count). The minimum absolute atomic E-state index is 0.0229. The van der Waals surface area contributed by atoms with Crippen LogP contribution >= 0.6 is 11.3 Å². The van der Waals surface area contributed by atoms with E-state index in [1.807, 2.05) is 37.3 Å². The van der Waals surface area contributed by atoms with Gasteiger partial charge in [0.2, 0.25) is 10.9 Å². The van der Waals surface area contributed by atoms with Gasteiger partial charge in [-0.1, -0.05) is 29.5 Å². The van der Waals surface area contributed by atoms with E-state index in [0.29, 0.717) is 23.5 Å². The first kappa shape index (κ1) is 18.8. The number of benzene rings is 1. The zero-order valence-electron chi connectivity index (χ0n) is 14.8. The van der Waals surface area contributed by atoms with Crippen molar-refractivity contribution < 1.29 is 14.0 Å². The predicted octanol–water partition coefficient (Wildman–Crippen LogP) is 3.06. The van der Waals surface area contributed by atoms with E-state index in [-0.39, 0.29) is 29.3 Å². The monoisotopic (exact) mass is 384 g/mol. The summed E-state index contributed by atoms with van der Waals surface area (Å²) in [4.78, 5) is 24.2. The second-order valence-electron chi connectivity index (χ2n) is 6.07. The lowest BCUT2D eigenvalue weighted by Crippen LogP contribution is -2.34. The zero-order valence-corrected chi connectivity index (χ0v) is 15.7. The second-order valence-corrected chi connectivity index (χ2v) is 7.14. The number of nitrogens with one attached hydrogen (secondary N) is 2. The lowest BCUT2D eigenvalue weighted by Gasteiger charge is -2.11. The van der Waals surface area contributed by atoms with Gasteiger partial charge in [0, 0.05) is 31.0 Å². The minimum Gasteiger partial charge on any atom is -0.469 e. The van der Waals surface area contributed by atoms with E-state index in [0.717, 1.165) is 5.76 Å². The third-order valence-electron chi connectivity index (χ3n) is 3.75. The van der Waals surface area contributed by atoms with Crippen LogP contribution in [0.1, 0.15) is 33.9 Å². The minimum atomic E-state index is -0.304. The molecule has 0 saturated carbocycles. The third-order valence-corrected chi connectivity index (χ3v) is 4.74. The Bertz CT molecular complexity index is 878. The molecule has 0 bridgehead atoms. The van der Waals surface area contributed by atoms with Gasteiger partial charge in [-0.3, -0.25) is 9.59 Å². The predicted molar refractivity (Wildman–Crippen MR) is 103 cm³/mol. The number of rotatable bonds is 8. The van der Waals surface area contributed by atoms with Crippen molar-refractivity contribution in [3.05, 3.63) is 64.5 Å². The van der Waals surface area contributed by atoms with Crippen molar-refractivity contribution in [3.63, 3.8) is 0 Å². The van der Waals surface area contributed by atoms with Gasteiger partial charge in [0.1, 0.15) is 10.8 Å². The van der Waals surface area contributed by atoms with E-state index in [1.165, 1.54) is 11.3 Å². The summed E-state index contributed by atoms with van der Waals surface area (Å²) in [5, 5.41) is 14.5. The molecule has 0 radical (unpaired) electrons. The number of furan rings is 1. The molecular formula is C19H20N4O3S. The Morgan fingerprint density at radius 2 is 1.96 bits per heavy atom. The van der Waals surface area contributed by atoms with Crippen LogP contribution in [0.5, 0.6) is 0 Å². The van der Waals surface area contributed by atoms with Crippen LogP contribution in [0.3, 0.4) is 0 Å². The smallest absolute Gasteiger partial charge is 0.286 e. The van der Waals surface area contributed by atoms with Crippen LogP contribution < -0.4 is 10.6 Å². The van der Waals surface area contributed by atoms with Crippen LogP contribution in [-0.2, 0) is 17.6 Å². The summed E-state index contributed by atoms with van der Waals surface area (Å²) < 4.78 is 5.28. The fourth-order valence-electron chi connectivity index (χ4n) is 2.50. The van der Waals surface area contributed by atoms with Gasteiger partial charge in [0.15, 0.2) is 0 Å². The third kappa shape index (κ3) is 5.75. The van der Waals surface area contributed by atoms with Crippen LogP contribution in [0, 0.1) is 0 Å². The fourth-order valence-corrected chi connectivity index (χ4v) is 3.24. The molecule has 3 aromatic rings. The van der Waals surface area contributed by atoms with Crippen LogP contribution in [-0.4, -0.2) is 28.1 Å². The number of amides is 2. The first-order chi connectivity index (χ1) is 13.1. The van der Waals surface area contributed by atoms with Crippen molar-refractivity contribution >= 4 is 28.8 Å². The number of aromatic nitrogens is 2. The van der Waals surface area contributed by atoms with Crippen LogP contribution in [0.4, 0.5) is 5.69 Å². The highest BCUT2D eigenvalue weighted by Gasteiger charge is 2.15. The number of aryl methyl sites for hydroxylation is 1. The Balaban J connectivity index is 1.44. The first-order valence-corrected chi connectivity index (χ1v) is 9.42. The number of carbonyl (C=O) groups is 2. The first-order valence-electron chi connectivity index (χ1n) is 8.60. The highest BCUT2D eigenvalue weighted by atomic mass is 32.1. The van der Waals surface area contributed by atoms with E-state index in [4.69, 9.17) is 4.42 Å². The molecule has 140 valence electrons. The number of hydrogen-bond acceptors (Lipinski definition) is 6. The summed E-state index contributed by atoms with van der Waals surface area (Å²) >= 11 is 1.20. The van der Waals surface area contributed by atoms with Crippen LogP contribution in [0.15, 0.2) is 53.1 Å². The molecule has 2 aromatic heterocycles. The van der Waals surface area contributed by atoms with Crippen molar-refractivity contribution in [1.29, 1.82) is 0 Å². The maximum atomic E-state index is 12.2. The van der Waals surface area contributed by atoms with Crippen molar-refractivity contribution in [2.45, 2.75) is 32.2 Å². The molecule has 2 N–H and O–H groups in total. The van der Waals surface area contributed by atoms with Crippen molar-refractivity contribution in [2.75, 3.05) is 5.32 Å². The molecule has 0 aliphatic rings. The molecule has 7 nitrogen and oxygen atoms in total. The zero-order chi connectivity index (χ0) is 19.1. The topological polar surface area (TPSA) is 97.1 Å². The highest BCUT2D eigenvalue weighted by molar-refractivity contribution is 7.13. The van der Waals surface area contributed by atoms with Gasteiger partial charge < -0.3 is 15.1 Å². The van der Waals surface area contributed by atoms with Gasteiger partial charge in [0.05, 0.1) is 6.26 Å². The molecule has 2 heterocycles. The van der Waals surface area contributed by atoms with Gasteiger partial charge in [-0.25, -0.2) is 0 Å². The van der Waals surface area contributed by atoms with Crippen LogP contribution in [0.2, 0.25) is 0 Å². The van der Waals surface area contributed by atoms with Gasteiger partial charge >= 0.3 is 0 Å².